The Morgan fingerprint density at radius 3 is 2.76 bits per heavy atom. The molecule has 0 saturated carbocycles. The van der Waals surface area contributed by atoms with Crippen LogP contribution in [0.2, 0.25) is 0 Å². The molecule has 0 saturated heterocycles. The predicted molar refractivity (Wildman–Crippen MR) is 69.4 cm³/mol. The predicted octanol–water partition coefficient (Wildman–Crippen LogP) is 1.43. The lowest BCUT2D eigenvalue weighted by molar-refractivity contribution is -0.116. The summed E-state index contributed by atoms with van der Waals surface area (Å²) in [5.74, 6) is -0.0991. The molecule has 17 heavy (non-hydrogen) atoms. The molecule has 0 fully saturated rings. The van der Waals surface area contributed by atoms with Crippen molar-refractivity contribution < 1.29 is 9.53 Å². The van der Waals surface area contributed by atoms with Crippen molar-refractivity contribution in [3.05, 3.63) is 35.9 Å². The van der Waals surface area contributed by atoms with Gasteiger partial charge in [-0.2, -0.15) is 0 Å². The number of nitrogens with one attached hydrogen (secondary N) is 1. The number of amides is 1. The highest BCUT2D eigenvalue weighted by Crippen LogP contribution is 2.06. The molecule has 0 aromatic heterocycles. The summed E-state index contributed by atoms with van der Waals surface area (Å²) in [4.78, 5) is 11.4. The number of rotatable bonds is 6. The van der Waals surface area contributed by atoms with E-state index in [0.717, 1.165) is 12.0 Å². The van der Waals surface area contributed by atoms with Crippen molar-refractivity contribution in [2.24, 2.45) is 0 Å². The van der Waals surface area contributed by atoms with E-state index in [-0.39, 0.29) is 5.91 Å². The molecule has 4 nitrogen and oxygen atoms in total. The molecular formula is C13H18N2O2. The van der Waals surface area contributed by atoms with Crippen molar-refractivity contribution in [1.82, 2.24) is 5.32 Å². The number of methoxy groups -OCH3 is 1. The van der Waals surface area contributed by atoms with Gasteiger partial charge < -0.3 is 15.8 Å². The Bertz CT molecular complexity index is 372. The molecule has 0 bridgehead atoms. The van der Waals surface area contributed by atoms with Gasteiger partial charge in [-0.15, -0.1) is 0 Å². The molecule has 1 aromatic rings. The van der Waals surface area contributed by atoms with Gasteiger partial charge in [-0.05, 0) is 30.2 Å². The van der Waals surface area contributed by atoms with Gasteiger partial charge in [0.2, 0.25) is 5.91 Å². The van der Waals surface area contributed by atoms with Crippen LogP contribution in [0.15, 0.2) is 30.3 Å². The maximum absolute atomic E-state index is 11.4. The molecule has 3 N–H and O–H groups in total. The molecule has 0 aliphatic heterocycles. The summed E-state index contributed by atoms with van der Waals surface area (Å²) in [5.41, 5.74) is 7.23. The van der Waals surface area contributed by atoms with Crippen LogP contribution in [0.4, 0.5) is 5.69 Å². The third-order valence-corrected chi connectivity index (χ3v) is 2.19. The molecule has 1 aromatic carbocycles. The lowest BCUT2D eigenvalue weighted by Crippen LogP contribution is -2.22. The monoisotopic (exact) mass is 234 g/mol. The van der Waals surface area contributed by atoms with Crippen molar-refractivity contribution in [2.75, 3.05) is 26.0 Å². The zero-order valence-electron chi connectivity index (χ0n) is 9.98. The van der Waals surface area contributed by atoms with Gasteiger partial charge in [-0.3, -0.25) is 4.79 Å². The number of carbonyl (C=O) groups excluding carboxylic acids is 1. The fraction of sp³-hybridized carbons (Fsp3) is 0.308. The Labute approximate surface area is 101 Å². The quantitative estimate of drug-likeness (QED) is 0.444. The Hall–Kier alpha value is -1.81. The topological polar surface area (TPSA) is 64.3 Å². The Morgan fingerprint density at radius 1 is 1.41 bits per heavy atom. The first-order valence-electron chi connectivity index (χ1n) is 5.53. The molecular weight excluding hydrogens is 216 g/mol. The van der Waals surface area contributed by atoms with E-state index in [4.69, 9.17) is 10.5 Å². The molecule has 0 aliphatic carbocycles. The van der Waals surface area contributed by atoms with Crippen LogP contribution < -0.4 is 11.1 Å². The number of benzene rings is 1. The Balaban J connectivity index is 2.32. The standard InChI is InChI=1S/C13H18N2O2/c1-17-10-2-9-15-13(16)8-5-11-3-6-12(14)7-4-11/h3-8H,2,9-10,14H2,1H3,(H,15,16)/b8-5+. The van der Waals surface area contributed by atoms with Crippen molar-refractivity contribution >= 4 is 17.7 Å². The van der Waals surface area contributed by atoms with Crippen molar-refractivity contribution in [1.29, 1.82) is 0 Å². The van der Waals surface area contributed by atoms with E-state index in [1.54, 1.807) is 25.3 Å². The highest BCUT2D eigenvalue weighted by molar-refractivity contribution is 5.91. The first-order valence-corrected chi connectivity index (χ1v) is 5.53. The number of hydrogen-bond acceptors (Lipinski definition) is 3. The van der Waals surface area contributed by atoms with Crippen molar-refractivity contribution in [3.8, 4) is 0 Å². The van der Waals surface area contributed by atoms with Gasteiger partial charge in [-0.1, -0.05) is 12.1 Å². The SMILES string of the molecule is COCCCNC(=O)/C=C/c1ccc(N)cc1. The average molecular weight is 234 g/mol. The van der Waals surface area contributed by atoms with Crippen molar-refractivity contribution in [3.63, 3.8) is 0 Å². The number of nitrogen functional groups attached to an aromatic ring is 1. The Morgan fingerprint density at radius 2 is 2.12 bits per heavy atom. The van der Waals surface area contributed by atoms with Gasteiger partial charge in [-0.25, -0.2) is 0 Å². The summed E-state index contributed by atoms with van der Waals surface area (Å²) < 4.78 is 4.88. The minimum absolute atomic E-state index is 0.0991. The van der Waals surface area contributed by atoms with Gasteiger partial charge in [0.15, 0.2) is 0 Å². The molecule has 0 unspecified atom stereocenters. The summed E-state index contributed by atoms with van der Waals surface area (Å²) in [6.45, 7) is 1.28. The molecule has 1 amide bonds. The molecule has 0 spiro atoms. The number of carbonyl (C=O) groups is 1. The van der Waals surface area contributed by atoms with Crippen molar-refractivity contribution in [2.45, 2.75) is 6.42 Å². The normalized spacial score (nSPS) is 10.6. The van der Waals surface area contributed by atoms with E-state index in [2.05, 4.69) is 5.32 Å². The van der Waals surface area contributed by atoms with E-state index in [1.165, 1.54) is 6.08 Å². The summed E-state index contributed by atoms with van der Waals surface area (Å²) in [6.07, 6.45) is 4.08. The minimum atomic E-state index is -0.0991. The van der Waals surface area contributed by atoms with Gasteiger partial charge >= 0.3 is 0 Å². The molecule has 92 valence electrons. The summed E-state index contributed by atoms with van der Waals surface area (Å²) in [7, 11) is 1.64. The van der Waals surface area contributed by atoms with E-state index >= 15 is 0 Å². The number of hydrogen-bond donors (Lipinski definition) is 2. The van der Waals surface area contributed by atoms with E-state index in [0.29, 0.717) is 18.8 Å². The third kappa shape index (κ3) is 5.73. The minimum Gasteiger partial charge on any atom is -0.399 e. The third-order valence-electron chi connectivity index (χ3n) is 2.19. The number of ether oxygens (including phenoxy) is 1. The first-order chi connectivity index (χ1) is 8.22. The maximum atomic E-state index is 11.4. The highest BCUT2D eigenvalue weighted by atomic mass is 16.5. The van der Waals surface area contributed by atoms with E-state index < -0.39 is 0 Å². The molecule has 0 aliphatic rings. The van der Waals surface area contributed by atoms with Gasteiger partial charge in [0.25, 0.3) is 0 Å². The maximum Gasteiger partial charge on any atom is 0.244 e. The fourth-order valence-corrected chi connectivity index (χ4v) is 1.27. The summed E-state index contributed by atoms with van der Waals surface area (Å²) in [5, 5.41) is 2.77. The zero-order valence-corrected chi connectivity index (χ0v) is 9.98. The largest absolute Gasteiger partial charge is 0.399 e. The smallest absolute Gasteiger partial charge is 0.244 e. The van der Waals surface area contributed by atoms with E-state index in [1.807, 2.05) is 12.1 Å². The van der Waals surface area contributed by atoms with Crippen LogP contribution in [0.5, 0.6) is 0 Å². The number of anilines is 1. The Kier molecular flexibility index (Phi) is 5.82. The van der Waals surface area contributed by atoms with Gasteiger partial charge in [0.1, 0.15) is 0 Å². The summed E-state index contributed by atoms with van der Waals surface area (Å²) >= 11 is 0. The van der Waals surface area contributed by atoms with Crippen LogP contribution in [0.3, 0.4) is 0 Å². The van der Waals surface area contributed by atoms with Crippen LogP contribution in [0.25, 0.3) is 6.08 Å². The molecule has 0 heterocycles. The average Bonchev–Trinajstić information content (AvgIpc) is 2.34. The first kappa shape index (κ1) is 13.3. The van der Waals surface area contributed by atoms with E-state index in [9.17, 15) is 4.79 Å². The second-order valence-electron chi connectivity index (χ2n) is 3.64. The van der Waals surface area contributed by atoms with Crippen LogP contribution in [0.1, 0.15) is 12.0 Å². The molecule has 0 radical (unpaired) electrons. The van der Waals surface area contributed by atoms with Crippen LogP contribution in [-0.2, 0) is 9.53 Å². The second kappa shape index (κ2) is 7.46. The lowest BCUT2D eigenvalue weighted by Gasteiger charge is -2.01. The lowest BCUT2D eigenvalue weighted by atomic mass is 10.2. The van der Waals surface area contributed by atoms with Gasteiger partial charge in [0.05, 0.1) is 0 Å². The van der Waals surface area contributed by atoms with Crippen LogP contribution >= 0.6 is 0 Å². The fourth-order valence-electron chi connectivity index (χ4n) is 1.27. The number of nitrogens with two attached hydrogens (primary N) is 1. The summed E-state index contributed by atoms with van der Waals surface area (Å²) in [6, 6.07) is 7.33. The highest BCUT2D eigenvalue weighted by Gasteiger charge is 1.94. The van der Waals surface area contributed by atoms with Crippen LogP contribution in [0, 0.1) is 0 Å². The molecule has 1 rings (SSSR count). The zero-order chi connectivity index (χ0) is 12.5. The van der Waals surface area contributed by atoms with Crippen LogP contribution in [-0.4, -0.2) is 26.2 Å². The second-order valence-corrected chi connectivity index (χ2v) is 3.64. The van der Waals surface area contributed by atoms with Gasteiger partial charge in [0, 0.05) is 32.0 Å². The molecule has 4 heteroatoms. The molecule has 0 atom stereocenters.